The van der Waals surface area contributed by atoms with Crippen LogP contribution in [0.3, 0.4) is 0 Å². The molecule has 0 heterocycles. The summed E-state index contributed by atoms with van der Waals surface area (Å²) in [5, 5.41) is 3.24. The van der Waals surface area contributed by atoms with Crippen molar-refractivity contribution in [3.8, 4) is 0 Å². The average Bonchev–Trinajstić information content (AvgIpc) is 2.49. The van der Waals surface area contributed by atoms with E-state index in [0.717, 1.165) is 11.3 Å². The van der Waals surface area contributed by atoms with Gasteiger partial charge in [-0.25, -0.2) is 4.79 Å². The number of carbonyl (C=O) groups is 1. The maximum Gasteiger partial charge on any atom is 0.328 e. The van der Waals surface area contributed by atoms with Crippen LogP contribution in [0.2, 0.25) is 0 Å². The smallest absolute Gasteiger partial charge is 0.328 e. The first-order chi connectivity index (χ1) is 9.79. The lowest BCUT2D eigenvalue weighted by Gasteiger charge is -2.18. The minimum Gasteiger partial charge on any atom is -0.464 e. The fourth-order valence-corrected chi connectivity index (χ4v) is 2.02. The quantitative estimate of drug-likeness (QED) is 0.818. The van der Waals surface area contributed by atoms with E-state index in [9.17, 15) is 4.79 Å². The van der Waals surface area contributed by atoms with E-state index in [1.807, 2.05) is 67.6 Å². The van der Waals surface area contributed by atoms with Crippen LogP contribution in [-0.4, -0.2) is 18.6 Å². The van der Waals surface area contributed by atoms with Crippen molar-refractivity contribution in [2.75, 3.05) is 11.9 Å². The Balaban J connectivity index is 2.10. The lowest BCUT2D eigenvalue weighted by molar-refractivity contribution is -0.144. The predicted octanol–water partition coefficient (Wildman–Crippen LogP) is 3.27. The molecule has 0 radical (unpaired) electrons. The van der Waals surface area contributed by atoms with Gasteiger partial charge in [0.2, 0.25) is 0 Å². The maximum atomic E-state index is 12.1. The molecule has 104 valence electrons. The molecule has 2 rings (SSSR count). The summed E-state index contributed by atoms with van der Waals surface area (Å²) in [7, 11) is 0. The number of nitrogens with one attached hydrogen (secondary N) is 1. The van der Waals surface area contributed by atoms with Gasteiger partial charge < -0.3 is 10.1 Å². The molecule has 2 aromatic rings. The SMILES string of the molecule is CCOC(=O)[C@@H](Cc1ccccc1)Nc1ccccc1. The molecule has 0 bridgehead atoms. The highest BCUT2D eigenvalue weighted by molar-refractivity contribution is 5.79. The van der Waals surface area contributed by atoms with Crippen molar-refractivity contribution >= 4 is 11.7 Å². The lowest BCUT2D eigenvalue weighted by atomic mass is 10.1. The van der Waals surface area contributed by atoms with Crippen molar-refractivity contribution in [2.45, 2.75) is 19.4 Å². The van der Waals surface area contributed by atoms with Gasteiger partial charge in [-0.15, -0.1) is 0 Å². The number of hydrogen-bond acceptors (Lipinski definition) is 3. The molecule has 0 spiro atoms. The van der Waals surface area contributed by atoms with Crippen molar-refractivity contribution in [2.24, 2.45) is 0 Å². The Kier molecular flexibility index (Phi) is 5.18. The minimum absolute atomic E-state index is 0.222. The van der Waals surface area contributed by atoms with E-state index < -0.39 is 0 Å². The molecule has 0 fully saturated rings. The number of rotatable bonds is 6. The second-order valence-electron chi connectivity index (χ2n) is 4.50. The van der Waals surface area contributed by atoms with Gasteiger partial charge in [-0.1, -0.05) is 48.5 Å². The standard InChI is InChI=1S/C17H19NO2/c1-2-20-17(19)16(13-14-9-5-3-6-10-14)18-15-11-7-4-8-12-15/h3-12,16,18H,2,13H2,1H3/t16-/m1/s1. The van der Waals surface area contributed by atoms with Gasteiger partial charge in [-0.2, -0.15) is 0 Å². The Bertz CT molecular complexity index is 484. The van der Waals surface area contributed by atoms with Crippen molar-refractivity contribution in [1.82, 2.24) is 0 Å². The Hall–Kier alpha value is -2.29. The van der Waals surface area contributed by atoms with Crippen molar-refractivity contribution in [1.29, 1.82) is 0 Å². The molecular formula is C17H19NO2. The Morgan fingerprint density at radius 2 is 1.65 bits per heavy atom. The Morgan fingerprint density at radius 1 is 1.05 bits per heavy atom. The van der Waals surface area contributed by atoms with Crippen LogP contribution in [0.1, 0.15) is 12.5 Å². The van der Waals surface area contributed by atoms with E-state index in [0.29, 0.717) is 13.0 Å². The molecule has 0 saturated heterocycles. The summed E-state index contributed by atoms with van der Waals surface area (Å²) in [6.45, 7) is 2.21. The van der Waals surface area contributed by atoms with Gasteiger partial charge in [-0.3, -0.25) is 0 Å². The summed E-state index contributed by atoms with van der Waals surface area (Å²) in [5.41, 5.74) is 2.02. The molecule has 0 aromatic heterocycles. The molecule has 0 saturated carbocycles. The number of ether oxygens (including phenoxy) is 1. The van der Waals surface area contributed by atoms with Crippen LogP contribution < -0.4 is 5.32 Å². The topological polar surface area (TPSA) is 38.3 Å². The zero-order valence-electron chi connectivity index (χ0n) is 11.6. The van der Waals surface area contributed by atoms with E-state index in [2.05, 4.69) is 5.32 Å². The largest absolute Gasteiger partial charge is 0.464 e. The minimum atomic E-state index is -0.375. The average molecular weight is 269 g/mol. The van der Waals surface area contributed by atoms with E-state index in [-0.39, 0.29) is 12.0 Å². The number of anilines is 1. The summed E-state index contributed by atoms with van der Waals surface area (Å²) >= 11 is 0. The fourth-order valence-electron chi connectivity index (χ4n) is 2.02. The van der Waals surface area contributed by atoms with Crippen LogP contribution in [0, 0.1) is 0 Å². The zero-order chi connectivity index (χ0) is 14.2. The summed E-state index contributed by atoms with van der Waals surface area (Å²) in [4.78, 5) is 12.1. The third kappa shape index (κ3) is 4.12. The lowest BCUT2D eigenvalue weighted by Crippen LogP contribution is -2.33. The molecule has 1 N–H and O–H groups in total. The van der Waals surface area contributed by atoms with Crippen molar-refractivity contribution < 1.29 is 9.53 Å². The molecule has 0 amide bonds. The third-order valence-corrected chi connectivity index (χ3v) is 2.97. The van der Waals surface area contributed by atoms with Crippen LogP contribution in [0.4, 0.5) is 5.69 Å². The van der Waals surface area contributed by atoms with Crippen molar-refractivity contribution in [3.05, 3.63) is 66.2 Å². The van der Waals surface area contributed by atoms with Gasteiger partial charge in [0.1, 0.15) is 6.04 Å². The summed E-state index contributed by atoms with van der Waals surface area (Å²) in [5.74, 6) is -0.222. The van der Waals surface area contributed by atoms with Gasteiger partial charge in [0.05, 0.1) is 6.61 Å². The van der Waals surface area contributed by atoms with Crippen LogP contribution in [-0.2, 0) is 16.0 Å². The second kappa shape index (κ2) is 7.34. The molecule has 20 heavy (non-hydrogen) atoms. The summed E-state index contributed by atoms with van der Waals surface area (Å²) in [6, 6.07) is 19.3. The van der Waals surface area contributed by atoms with Crippen LogP contribution in [0.15, 0.2) is 60.7 Å². The third-order valence-electron chi connectivity index (χ3n) is 2.97. The highest BCUT2D eigenvalue weighted by Gasteiger charge is 2.19. The summed E-state index contributed by atoms with van der Waals surface area (Å²) in [6.07, 6.45) is 0.606. The maximum absolute atomic E-state index is 12.1. The first-order valence-electron chi connectivity index (χ1n) is 6.81. The van der Waals surface area contributed by atoms with Crippen LogP contribution in [0.25, 0.3) is 0 Å². The van der Waals surface area contributed by atoms with Gasteiger partial charge in [-0.05, 0) is 24.6 Å². The van der Waals surface area contributed by atoms with Crippen molar-refractivity contribution in [3.63, 3.8) is 0 Å². The second-order valence-corrected chi connectivity index (χ2v) is 4.50. The van der Waals surface area contributed by atoms with E-state index in [1.54, 1.807) is 0 Å². The molecule has 2 aromatic carbocycles. The zero-order valence-corrected chi connectivity index (χ0v) is 11.6. The van der Waals surface area contributed by atoms with E-state index in [1.165, 1.54) is 0 Å². The Labute approximate surface area is 119 Å². The van der Waals surface area contributed by atoms with Gasteiger partial charge >= 0.3 is 5.97 Å². The molecule has 0 aliphatic carbocycles. The monoisotopic (exact) mass is 269 g/mol. The molecule has 3 heteroatoms. The van der Waals surface area contributed by atoms with Gasteiger partial charge in [0.15, 0.2) is 0 Å². The normalized spacial score (nSPS) is 11.7. The molecule has 0 aliphatic rings. The van der Waals surface area contributed by atoms with E-state index in [4.69, 9.17) is 4.74 Å². The van der Waals surface area contributed by atoms with Crippen LogP contribution in [0.5, 0.6) is 0 Å². The summed E-state index contributed by atoms with van der Waals surface area (Å²) < 4.78 is 5.15. The first-order valence-corrected chi connectivity index (χ1v) is 6.81. The number of para-hydroxylation sites is 1. The van der Waals surface area contributed by atoms with E-state index >= 15 is 0 Å². The molecular weight excluding hydrogens is 250 g/mol. The van der Waals surface area contributed by atoms with Crippen LogP contribution >= 0.6 is 0 Å². The molecule has 1 atom stereocenters. The van der Waals surface area contributed by atoms with Gasteiger partial charge in [0, 0.05) is 12.1 Å². The highest BCUT2D eigenvalue weighted by atomic mass is 16.5. The Morgan fingerprint density at radius 3 is 2.25 bits per heavy atom. The number of benzene rings is 2. The predicted molar refractivity (Wildman–Crippen MR) is 80.6 cm³/mol. The number of esters is 1. The number of hydrogen-bond donors (Lipinski definition) is 1. The highest BCUT2D eigenvalue weighted by Crippen LogP contribution is 2.12. The first kappa shape index (κ1) is 14.1. The molecule has 0 unspecified atom stereocenters. The van der Waals surface area contributed by atoms with Gasteiger partial charge in [0.25, 0.3) is 0 Å². The molecule has 0 aliphatic heterocycles. The fraction of sp³-hybridized carbons (Fsp3) is 0.235. The number of carbonyl (C=O) groups excluding carboxylic acids is 1. The molecule has 3 nitrogen and oxygen atoms in total.